The number of imide groups is 1. The summed E-state index contributed by atoms with van der Waals surface area (Å²) in [7, 11) is 0. The fraction of sp³-hybridized carbons (Fsp3) is 0.522. The zero-order valence-electron chi connectivity index (χ0n) is 18.1. The molecule has 9 heteroatoms. The molecule has 0 radical (unpaired) electrons. The first-order valence-corrected chi connectivity index (χ1v) is 11.0. The quantitative estimate of drug-likeness (QED) is 0.387. The van der Waals surface area contributed by atoms with E-state index in [-0.39, 0.29) is 41.4 Å². The van der Waals surface area contributed by atoms with Crippen LogP contribution in [-0.2, 0) is 23.9 Å². The first-order valence-electron chi connectivity index (χ1n) is 11.0. The lowest BCUT2D eigenvalue weighted by Gasteiger charge is -2.28. The fourth-order valence-electron chi connectivity index (χ4n) is 5.43. The standard InChI is InChI=1S/C23H27N3O6/c1-12(2)19(26-21(29)17-14-8-9-15(10-14)18(17)22(26)30)23(31)32-11-16(27)24-25-20(28)13-6-4-3-5-7-13/h3-7,12,14-15,17-19H,8-11H2,1-2H3,(H,24,27)(H,25,28)/t14-,15-,17-,18-,19+/m0/s1. The Balaban J connectivity index is 1.34. The van der Waals surface area contributed by atoms with E-state index in [1.54, 1.807) is 44.2 Å². The predicted molar refractivity (Wildman–Crippen MR) is 111 cm³/mol. The van der Waals surface area contributed by atoms with Gasteiger partial charge in [-0.15, -0.1) is 0 Å². The Bertz CT molecular complexity index is 918. The lowest BCUT2D eigenvalue weighted by Crippen LogP contribution is -2.50. The van der Waals surface area contributed by atoms with Crippen molar-refractivity contribution in [3.05, 3.63) is 35.9 Å². The minimum atomic E-state index is -1.08. The summed E-state index contributed by atoms with van der Waals surface area (Å²) >= 11 is 0. The van der Waals surface area contributed by atoms with Crippen molar-refractivity contribution >= 4 is 29.6 Å². The van der Waals surface area contributed by atoms with Gasteiger partial charge in [-0.1, -0.05) is 32.0 Å². The molecule has 9 nitrogen and oxygen atoms in total. The smallest absolute Gasteiger partial charge is 0.330 e. The van der Waals surface area contributed by atoms with Crippen LogP contribution in [0.25, 0.3) is 0 Å². The second-order valence-corrected chi connectivity index (χ2v) is 9.10. The number of esters is 1. The van der Waals surface area contributed by atoms with Gasteiger partial charge >= 0.3 is 5.97 Å². The van der Waals surface area contributed by atoms with Crippen molar-refractivity contribution in [1.29, 1.82) is 0 Å². The van der Waals surface area contributed by atoms with E-state index in [9.17, 15) is 24.0 Å². The average molecular weight is 441 g/mol. The van der Waals surface area contributed by atoms with Gasteiger partial charge in [-0.3, -0.25) is 34.9 Å². The molecule has 0 spiro atoms. The summed E-state index contributed by atoms with van der Waals surface area (Å²) < 4.78 is 5.12. The molecule has 3 aliphatic rings. The van der Waals surface area contributed by atoms with Crippen molar-refractivity contribution in [3.8, 4) is 0 Å². The zero-order valence-corrected chi connectivity index (χ0v) is 18.1. The van der Waals surface area contributed by atoms with E-state index in [0.717, 1.165) is 24.2 Å². The van der Waals surface area contributed by atoms with Crippen LogP contribution >= 0.6 is 0 Å². The number of amides is 4. The maximum Gasteiger partial charge on any atom is 0.330 e. The fourth-order valence-corrected chi connectivity index (χ4v) is 5.43. The monoisotopic (exact) mass is 441 g/mol. The van der Waals surface area contributed by atoms with E-state index in [1.807, 2.05) is 0 Å². The molecule has 1 saturated heterocycles. The van der Waals surface area contributed by atoms with Gasteiger partial charge in [-0.05, 0) is 49.1 Å². The largest absolute Gasteiger partial charge is 0.454 e. The third kappa shape index (κ3) is 3.87. The predicted octanol–water partition coefficient (Wildman–Crippen LogP) is 1.05. The van der Waals surface area contributed by atoms with Crippen molar-refractivity contribution < 1.29 is 28.7 Å². The zero-order chi connectivity index (χ0) is 23.0. The number of hydrazine groups is 1. The van der Waals surface area contributed by atoms with Gasteiger partial charge in [0.25, 0.3) is 11.8 Å². The van der Waals surface area contributed by atoms with Gasteiger partial charge in [0.05, 0.1) is 11.8 Å². The first-order chi connectivity index (χ1) is 15.3. The third-order valence-electron chi connectivity index (χ3n) is 6.81. The van der Waals surface area contributed by atoms with Crippen LogP contribution in [0.2, 0.25) is 0 Å². The average Bonchev–Trinajstić information content (AvgIpc) is 3.46. The highest BCUT2D eigenvalue weighted by Gasteiger charge is 2.62. The van der Waals surface area contributed by atoms with E-state index in [4.69, 9.17) is 4.74 Å². The van der Waals surface area contributed by atoms with Crippen molar-refractivity contribution in [3.63, 3.8) is 0 Å². The van der Waals surface area contributed by atoms with Crippen LogP contribution in [0.15, 0.2) is 30.3 Å². The number of likely N-dealkylation sites (tertiary alicyclic amines) is 1. The number of benzene rings is 1. The Morgan fingerprint density at radius 1 is 1.00 bits per heavy atom. The minimum absolute atomic E-state index is 0.217. The highest BCUT2D eigenvalue weighted by molar-refractivity contribution is 6.08. The molecule has 1 aliphatic heterocycles. The summed E-state index contributed by atoms with van der Waals surface area (Å²) in [4.78, 5) is 64.0. The summed E-state index contributed by atoms with van der Waals surface area (Å²) in [5.41, 5.74) is 4.78. The van der Waals surface area contributed by atoms with Crippen LogP contribution in [0.1, 0.15) is 43.5 Å². The third-order valence-corrected chi connectivity index (χ3v) is 6.81. The number of hydrogen-bond donors (Lipinski definition) is 2. The number of carbonyl (C=O) groups excluding carboxylic acids is 5. The summed E-state index contributed by atoms with van der Waals surface area (Å²) in [6, 6.07) is 7.22. The van der Waals surface area contributed by atoms with Crippen molar-refractivity contribution in [2.75, 3.05) is 6.61 Å². The maximum absolute atomic E-state index is 13.1. The molecule has 0 unspecified atom stereocenters. The molecule has 5 atom stereocenters. The summed E-state index contributed by atoms with van der Waals surface area (Å²) in [6.45, 7) is 2.82. The summed E-state index contributed by atoms with van der Waals surface area (Å²) in [5.74, 6) is -3.22. The summed E-state index contributed by atoms with van der Waals surface area (Å²) in [6.07, 6.45) is 2.81. The number of fused-ring (bicyclic) bond motifs is 5. The number of carbonyl (C=O) groups is 5. The molecule has 1 heterocycles. The van der Waals surface area contributed by atoms with Crippen molar-refractivity contribution in [1.82, 2.24) is 15.8 Å². The lowest BCUT2D eigenvalue weighted by atomic mass is 9.81. The normalized spacial score (nSPS) is 26.8. The molecule has 1 aromatic rings. The molecule has 170 valence electrons. The number of hydrogen-bond acceptors (Lipinski definition) is 6. The van der Waals surface area contributed by atoms with E-state index >= 15 is 0 Å². The van der Waals surface area contributed by atoms with Gasteiger partial charge in [-0.2, -0.15) is 0 Å². The molecule has 1 aromatic carbocycles. The van der Waals surface area contributed by atoms with Gasteiger partial charge in [0.2, 0.25) is 11.8 Å². The van der Waals surface area contributed by atoms with Crippen LogP contribution in [0, 0.1) is 29.6 Å². The molecule has 4 rings (SSSR count). The molecule has 2 N–H and O–H groups in total. The Hall–Kier alpha value is -3.23. The Labute approximate surface area is 185 Å². The SMILES string of the molecule is CC(C)[C@H](C(=O)OCC(=O)NNC(=O)c1ccccc1)N1C(=O)[C@H]2[C@H]3CC[C@@H](C3)[C@@H]2C1=O. The molecule has 2 saturated carbocycles. The van der Waals surface area contributed by atoms with Gasteiger partial charge in [0, 0.05) is 5.56 Å². The molecule has 2 aliphatic carbocycles. The van der Waals surface area contributed by atoms with Crippen LogP contribution in [0.3, 0.4) is 0 Å². The van der Waals surface area contributed by atoms with Crippen LogP contribution in [0.4, 0.5) is 0 Å². The van der Waals surface area contributed by atoms with Gasteiger partial charge in [0.1, 0.15) is 6.04 Å². The van der Waals surface area contributed by atoms with E-state index in [1.165, 1.54) is 0 Å². The van der Waals surface area contributed by atoms with Crippen molar-refractivity contribution in [2.45, 2.75) is 39.2 Å². The number of ether oxygens (including phenoxy) is 1. The molecule has 2 bridgehead atoms. The first kappa shape index (κ1) is 22.0. The van der Waals surface area contributed by atoms with E-state index < -0.39 is 30.4 Å². The van der Waals surface area contributed by atoms with E-state index in [0.29, 0.717) is 5.56 Å². The number of nitrogens with zero attached hydrogens (tertiary/aromatic N) is 1. The van der Waals surface area contributed by atoms with Gasteiger partial charge < -0.3 is 4.74 Å². The topological polar surface area (TPSA) is 122 Å². The second kappa shape index (κ2) is 8.72. The molecule has 0 aromatic heterocycles. The second-order valence-electron chi connectivity index (χ2n) is 9.10. The molecule has 32 heavy (non-hydrogen) atoms. The highest BCUT2D eigenvalue weighted by Crippen LogP contribution is 2.56. The Morgan fingerprint density at radius 2 is 1.59 bits per heavy atom. The van der Waals surface area contributed by atoms with Gasteiger partial charge in [0.15, 0.2) is 6.61 Å². The van der Waals surface area contributed by atoms with E-state index in [2.05, 4.69) is 10.9 Å². The Kier molecular flexibility index (Phi) is 5.99. The number of nitrogens with one attached hydrogen (secondary N) is 2. The van der Waals surface area contributed by atoms with Crippen molar-refractivity contribution in [2.24, 2.45) is 29.6 Å². The molecule has 4 amide bonds. The maximum atomic E-state index is 13.1. The minimum Gasteiger partial charge on any atom is -0.454 e. The van der Waals surface area contributed by atoms with Crippen LogP contribution in [0.5, 0.6) is 0 Å². The van der Waals surface area contributed by atoms with Crippen LogP contribution < -0.4 is 10.9 Å². The number of rotatable bonds is 6. The molecule has 3 fully saturated rings. The summed E-state index contributed by atoms with van der Waals surface area (Å²) in [5, 5.41) is 0. The highest BCUT2D eigenvalue weighted by atomic mass is 16.5. The van der Waals surface area contributed by atoms with Gasteiger partial charge in [-0.25, -0.2) is 4.79 Å². The molecular weight excluding hydrogens is 414 g/mol. The molecular formula is C23H27N3O6. The lowest BCUT2D eigenvalue weighted by molar-refractivity contribution is -0.162. The van der Waals surface area contributed by atoms with Crippen LogP contribution in [-0.4, -0.2) is 47.1 Å². The Morgan fingerprint density at radius 3 is 2.16 bits per heavy atom.